The fraction of sp³-hybridized carbons (Fsp3) is 0.167. The van der Waals surface area contributed by atoms with Gasteiger partial charge < -0.3 is 19.5 Å². The van der Waals surface area contributed by atoms with E-state index in [0.29, 0.717) is 12.3 Å². The normalized spacial score (nSPS) is 12.4. The van der Waals surface area contributed by atoms with Crippen molar-refractivity contribution in [3.63, 3.8) is 0 Å². The third kappa shape index (κ3) is 3.63. The predicted octanol–water partition coefficient (Wildman–Crippen LogP) is 2.75. The number of ether oxygens (including phenoxy) is 3. The largest absolute Gasteiger partial charge is 0.496 e. The van der Waals surface area contributed by atoms with Crippen LogP contribution in [0, 0.1) is 0 Å². The molecule has 0 unspecified atom stereocenters. The van der Waals surface area contributed by atoms with E-state index in [0.717, 1.165) is 22.6 Å². The first kappa shape index (κ1) is 15.0. The van der Waals surface area contributed by atoms with Crippen LogP contribution in [0.2, 0.25) is 0 Å². The lowest BCUT2D eigenvalue weighted by molar-refractivity contribution is -0.116. The minimum absolute atomic E-state index is 0.173. The molecule has 3 rings (SSSR count). The minimum Gasteiger partial charge on any atom is -0.496 e. The summed E-state index contributed by atoms with van der Waals surface area (Å²) < 4.78 is 15.8. The van der Waals surface area contributed by atoms with Crippen LogP contribution in [0.15, 0.2) is 48.5 Å². The van der Waals surface area contributed by atoms with Crippen molar-refractivity contribution in [1.82, 2.24) is 5.32 Å². The molecule has 0 spiro atoms. The van der Waals surface area contributed by atoms with E-state index in [1.165, 1.54) is 6.08 Å². The Balaban J connectivity index is 1.59. The van der Waals surface area contributed by atoms with Crippen LogP contribution in [0.5, 0.6) is 17.2 Å². The first-order chi connectivity index (χ1) is 11.3. The molecular weight excluding hydrogens is 294 g/mol. The number of benzene rings is 2. The minimum atomic E-state index is -0.173. The molecule has 1 N–H and O–H groups in total. The van der Waals surface area contributed by atoms with Gasteiger partial charge in [-0.3, -0.25) is 4.79 Å². The van der Waals surface area contributed by atoms with Crippen molar-refractivity contribution in [3.05, 3.63) is 59.7 Å². The van der Waals surface area contributed by atoms with Crippen molar-refractivity contribution in [2.75, 3.05) is 13.9 Å². The Morgan fingerprint density at radius 2 is 2.04 bits per heavy atom. The van der Waals surface area contributed by atoms with Gasteiger partial charge in [0.25, 0.3) is 0 Å². The number of fused-ring (bicyclic) bond motifs is 1. The summed E-state index contributed by atoms with van der Waals surface area (Å²) in [7, 11) is 1.61. The standard InChI is InChI=1S/C18H17NO4/c1-21-15-5-3-2-4-14(15)11-19-18(20)9-7-13-6-8-16-17(10-13)23-12-22-16/h2-10H,11-12H2,1H3,(H,19,20)/b9-7+. The number of hydrogen-bond acceptors (Lipinski definition) is 4. The molecule has 1 heterocycles. The van der Waals surface area contributed by atoms with Crippen LogP contribution in [0.3, 0.4) is 0 Å². The highest BCUT2D eigenvalue weighted by atomic mass is 16.7. The number of para-hydroxylation sites is 1. The molecule has 0 fully saturated rings. The van der Waals surface area contributed by atoms with Crippen molar-refractivity contribution in [3.8, 4) is 17.2 Å². The van der Waals surface area contributed by atoms with Gasteiger partial charge in [0.1, 0.15) is 5.75 Å². The van der Waals surface area contributed by atoms with Gasteiger partial charge in [-0.25, -0.2) is 0 Å². The number of rotatable bonds is 5. The predicted molar refractivity (Wildman–Crippen MR) is 86.4 cm³/mol. The third-order valence-corrected chi connectivity index (χ3v) is 3.47. The van der Waals surface area contributed by atoms with Crippen LogP contribution >= 0.6 is 0 Å². The van der Waals surface area contributed by atoms with Crippen LogP contribution in [-0.2, 0) is 11.3 Å². The van der Waals surface area contributed by atoms with Gasteiger partial charge in [-0.05, 0) is 29.8 Å². The van der Waals surface area contributed by atoms with Gasteiger partial charge >= 0.3 is 0 Å². The highest BCUT2D eigenvalue weighted by Gasteiger charge is 2.12. The molecule has 1 amide bonds. The van der Waals surface area contributed by atoms with E-state index in [1.807, 2.05) is 42.5 Å². The molecule has 0 atom stereocenters. The molecule has 5 nitrogen and oxygen atoms in total. The van der Waals surface area contributed by atoms with Gasteiger partial charge in [0.05, 0.1) is 7.11 Å². The summed E-state index contributed by atoms with van der Waals surface area (Å²) in [6.07, 6.45) is 3.23. The Bertz CT molecular complexity index is 740. The Morgan fingerprint density at radius 1 is 1.22 bits per heavy atom. The van der Waals surface area contributed by atoms with E-state index in [9.17, 15) is 4.79 Å². The Labute approximate surface area is 134 Å². The summed E-state index contributed by atoms with van der Waals surface area (Å²) >= 11 is 0. The second-order valence-electron chi connectivity index (χ2n) is 4.98. The van der Waals surface area contributed by atoms with Gasteiger partial charge in [-0.15, -0.1) is 0 Å². The summed E-state index contributed by atoms with van der Waals surface area (Å²) in [4.78, 5) is 11.9. The Morgan fingerprint density at radius 3 is 2.91 bits per heavy atom. The highest BCUT2D eigenvalue weighted by Crippen LogP contribution is 2.32. The van der Waals surface area contributed by atoms with Crippen molar-refractivity contribution >= 4 is 12.0 Å². The zero-order valence-electron chi connectivity index (χ0n) is 12.7. The average Bonchev–Trinajstić information content (AvgIpc) is 3.06. The zero-order chi connectivity index (χ0) is 16.1. The van der Waals surface area contributed by atoms with E-state index >= 15 is 0 Å². The van der Waals surface area contributed by atoms with Crippen molar-refractivity contribution in [2.45, 2.75) is 6.54 Å². The first-order valence-corrected chi connectivity index (χ1v) is 7.24. The van der Waals surface area contributed by atoms with Gasteiger partial charge in [-0.2, -0.15) is 0 Å². The fourth-order valence-electron chi connectivity index (χ4n) is 2.28. The molecule has 0 saturated heterocycles. The second-order valence-corrected chi connectivity index (χ2v) is 4.98. The van der Waals surface area contributed by atoms with Gasteiger partial charge in [0.15, 0.2) is 11.5 Å². The van der Waals surface area contributed by atoms with Crippen LogP contribution in [0.4, 0.5) is 0 Å². The molecule has 5 heteroatoms. The van der Waals surface area contributed by atoms with Gasteiger partial charge in [0, 0.05) is 18.2 Å². The van der Waals surface area contributed by atoms with Crippen LogP contribution in [0.25, 0.3) is 6.08 Å². The summed E-state index contributed by atoms with van der Waals surface area (Å²) in [6, 6.07) is 13.1. The van der Waals surface area contributed by atoms with Crippen LogP contribution in [-0.4, -0.2) is 19.8 Å². The topological polar surface area (TPSA) is 56.8 Å². The van der Waals surface area contributed by atoms with E-state index in [2.05, 4.69) is 5.32 Å². The lowest BCUT2D eigenvalue weighted by Gasteiger charge is -2.08. The molecule has 0 aromatic heterocycles. The summed E-state index contributed by atoms with van der Waals surface area (Å²) in [5.41, 5.74) is 1.81. The number of methoxy groups -OCH3 is 1. The Hall–Kier alpha value is -2.95. The maximum atomic E-state index is 11.9. The first-order valence-electron chi connectivity index (χ1n) is 7.24. The smallest absolute Gasteiger partial charge is 0.244 e. The number of carbonyl (C=O) groups is 1. The monoisotopic (exact) mass is 311 g/mol. The molecule has 1 aliphatic rings. The lowest BCUT2D eigenvalue weighted by atomic mass is 10.2. The van der Waals surface area contributed by atoms with Gasteiger partial charge in [-0.1, -0.05) is 24.3 Å². The fourth-order valence-corrected chi connectivity index (χ4v) is 2.28. The Kier molecular flexibility index (Phi) is 4.47. The van der Waals surface area contributed by atoms with Crippen LogP contribution < -0.4 is 19.5 Å². The van der Waals surface area contributed by atoms with E-state index in [1.54, 1.807) is 13.2 Å². The molecule has 0 aliphatic carbocycles. The van der Waals surface area contributed by atoms with E-state index in [-0.39, 0.29) is 12.7 Å². The molecule has 2 aromatic carbocycles. The maximum absolute atomic E-state index is 11.9. The zero-order valence-corrected chi connectivity index (χ0v) is 12.7. The lowest BCUT2D eigenvalue weighted by Crippen LogP contribution is -2.20. The molecule has 0 radical (unpaired) electrons. The SMILES string of the molecule is COc1ccccc1CNC(=O)/C=C/c1ccc2c(c1)OCO2. The van der Waals surface area contributed by atoms with Crippen molar-refractivity contribution in [2.24, 2.45) is 0 Å². The van der Waals surface area contributed by atoms with E-state index in [4.69, 9.17) is 14.2 Å². The summed E-state index contributed by atoms with van der Waals surface area (Å²) in [6.45, 7) is 0.649. The molecule has 23 heavy (non-hydrogen) atoms. The number of nitrogens with one attached hydrogen (secondary N) is 1. The van der Waals surface area contributed by atoms with Crippen molar-refractivity contribution < 1.29 is 19.0 Å². The number of amides is 1. The molecular formula is C18H17NO4. The molecule has 0 bridgehead atoms. The van der Waals surface area contributed by atoms with Gasteiger partial charge in [0.2, 0.25) is 12.7 Å². The van der Waals surface area contributed by atoms with Crippen molar-refractivity contribution in [1.29, 1.82) is 0 Å². The molecule has 1 aliphatic heterocycles. The number of carbonyl (C=O) groups excluding carboxylic acids is 1. The summed E-state index contributed by atoms with van der Waals surface area (Å²) in [5.74, 6) is 2.01. The number of hydrogen-bond donors (Lipinski definition) is 1. The second kappa shape index (κ2) is 6.87. The molecule has 0 saturated carbocycles. The maximum Gasteiger partial charge on any atom is 0.244 e. The third-order valence-electron chi connectivity index (χ3n) is 3.47. The molecule has 118 valence electrons. The van der Waals surface area contributed by atoms with E-state index < -0.39 is 0 Å². The molecule has 2 aromatic rings. The average molecular weight is 311 g/mol. The van der Waals surface area contributed by atoms with Crippen LogP contribution in [0.1, 0.15) is 11.1 Å². The highest BCUT2D eigenvalue weighted by molar-refractivity contribution is 5.91. The summed E-state index contributed by atoms with van der Waals surface area (Å²) in [5, 5.41) is 2.83. The quantitative estimate of drug-likeness (QED) is 0.863.